The van der Waals surface area contributed by atoms with Crippen LogP contribution in [-0.4, -0.2) is 17.3 Å². The number of benzene rings is 2. The molecule has 5 nitrogen and oxygen atoms in total. The quantitative estimate of drug-likeness (QED) is 0.747. The molecule has 2 N–H and O–H groups in total. The highest BCUT2D eigenvalue weighted by Gasteiger charge is 2.11. The van der Waals surface area contributed by atoms with Crippen molar-refractivity contribution in [2.24, 2.45) is 0 Å². The molecular weight excluding hydrogens is 290 g/mol. The highest BCUT2D eigenvalue weighted by atomic mass is 35.5. The lowest BCUT2D eigenvalue weighted by molar-refractivity contribution is 0.415. The molecule has 0 aliphatic carbocycles. The van der Waals surface area contributed by atoms with E-state index in [9.17, 15) is 0 Å². The van der Waals surface area contributed by atoms with Gasteiger partial charge in [-0.2, -0.15) is 4.98 Å². The monoisotopic (exact) mass is 301 g/mol. The van der Waals surface area contributed by atoms with E-state index in [-0.39, 0.29) is 0 Å². The van der Waals surface area contributed by atoms with Crippen LogP contribution in [-0.2, 0) is 0 Å². The third kappa shape index (κ3) is 2.68. The molecule has 3 aromatic rings. The summed E-state index contributed by atoms with van der Waals surface area (Å²) in [5.74, 6) is 1.67. The molecule has 0 saturated carbocycles. The molecular formula is C15H12ClN3O2. The Hall–Kier alpha value is -2.53. The zero-order valence-electron chi connectivity index (χ0n) is 11.2. The van der Waals surface area contributed by atoms with Crippen LogP contribution in [0, 0.1) is 0 Å². The highest BCUT2D eigenvalue weighted by Crippen LogP contribution is 2.27. The minimum absolute atomic E-state index is 0.393. The van der Waals surface area contributed by atoms with Crippen LogP contribution in [0.1, 0.15) is 0 Å². The first kappa shape index (κ1) is 13.5. The number of halogens is 1. The number of nitrogens with two attached hydrogens (primary N) is 1. The summed E-state index contributed by atoms with van der Waals surface area (Å²) in [4.78, 5) is 4.36. The van der Waals surface area contributed by atoms with E-state index in [1.165, 1.54) is 0 Å². The van der Waals surface area contributed by atoms with Gasteiger partial charge in [0.25, 0.3) is 5.89 Å². The second kappa shape index (κ2) is 5.46. The molecule has 3 rings (SSSR count). The van der Waals surface area contributed by atoms with Gasteiger partial charge in [-0.1, -0.05) is 16.8 Å². The summed E-state index contributed by atoms with van der Waals surface area (Å²) < 4.78 is 10.4. The minimum atomic E-state index is 0.393. The molecule has 0 fully saturated rings. The summed E-state index contributed by atoms with van der Waals surface area (Å²) in [5.41, 5.74) is 7.81. The largest absolute Gasteiger partial charge is 0.497 e. The first-order chi connectivity index (χ1) is 10.2. The van der Waals surface area contributed by atoms with Gasteiger partial charge >= 0.3 is 0 Å². The lowest BCUT2D eigenvalue weighted by Gasteiger charge is -1.99. The van der Waals surface area contributed by atoms with Gasteiger partial charge in [0, 0.05) is 11.1 Å². The second-order valence-electron chi connectivity index (χ2n) is 4.39. The van der Waals surface area contributed by atoms with E-state index in [0.29, 0.717) is 22.4 Å². The normalized spacial score (nSPS) is 10.6. The van der Waals surface area contributed by atoms with Gasteiger partial charge in [-0.25, -0.2) is 0 Å². The van der Waals surface area contributed by atoms with E-state index in [1.54, 1.807) is 25.3 Å². The number of nitrogens with zero attached hydrogens (tertiary/aromatic N) is 2. The van der Waals surface area contributed by atoms with Crippen molar-refractivity contribution in [2.75, 3.05) is 12.8 Å². The smallest absolute Gasteiger partial charge is 0.258 e. The van der Waals surface area contributed by atoms with Crippen molar-refractivity contribution in [3.05, 3.63) is 47.5 Å². The number of rotatable bonds is 3. The summed E-state index contributed by atoms with van der Waals surface area (Å²) >= 11 is 5.89. The Kier molecular flexibility index (Phi) is 3.50. The molecule has 0 aliphatic rings. The van der Waals surface area contributed by atoms with Crippen molar-refractivity contribution in [3.8, 4) is 28.6 Å². The van der Waals surface area contributed by atoms with Crippen molar-refractivity contribution in [3.63, 3.8) is 0 Å². The van der Waals surface area contributed by atoms with Crippen LogP contribution < -0.4 is 10.5 Å². The SMILES string of the molecule is COc1ccc(-c2noc(-c3ccc(Cl)c(N)c3)n2)cc1. The van der Waals surface area contributed by atoms with Crippen LogP contribution in [0.3, 0.4) is 0 Å². The van der Waals surface area contributed by atoms with Gasteiger partial charge in [0.1, 0.15) is 5.75 Å². The number of ether oxygens (including phenoxy) is 1. The lowest BCUT2D eigenvalue weighted by atomic mass is 10.2. The van der Waals surface area contributed by atoms with Crippen molar-refractivity contribution in [2.45, 2.75) is 0 Å². The number of methoxy groups -OCH3 is 1. The van der Waals surface area contributed by atoms with E-state index in [2.05, 4.69) is 10.1 Å². The first-order valence-electron chi connectivity index (χ1n) is 6.21. The van der Waals surface area contributed by atoms with Gasteiger partial charge in [-0.05, 0) is 42.5 Å². The lowest BCUT2D eigenvalue weighted by Crippen LogP contribution is -1.87. The summed E-state index contributed by atoms with van der Waals surface area (Å²) in [6.07, 6.45) is 0. The Labute approximate surface area is 126 Å². The van der Waals surface area contributed by atoms with Crippen LogP contribution in [0.5, 0.6) is 5.75 Å². The van der Waals surface area contributed by atoms with Crippen molar-refractivity contribution >= 4 is 17.3 Å². The predicted octanol–water partition coefficient (Wildman–Crippen LogP) is 3.65. The van der Waals surface area contributed by atoms with E-state index < -0.39 is 0 Å². The van der Waals surface area contributed by atoms with Crippen LogP contribution >= 0.6 is 11.6 Å². The van der Waals surface area contributed by atoms with Crippen LogP contribution in [0.25, 0.3) is 22.8 Å². The fraction of sp³-hybridized carbons (Fsp3) is 0.0667. The maximum absolute atomic E-state index is 5.89. The molecule has 21 heavy (non-hydrogen) atoms. The van der Waals surface area contributed by atoms with E-state index in [4.69, 9.17) is 26.6 Å². The predicted molar refractivity (Wildman–Crippen MR) is 81.1 cm³/mol. The molecule has 0 unspecified atom stereocenters. The van der Waals surface area contributed by atoms with E-state index >= 15 is 0 Å². The highest BCUT2D eigenvalue weighted by molar-refractivity contribution is 6.33. The van der Waals surface area contributed by atoms with Gasteiger partial charge in [0.05, 0.1) is 17.8 Å². The van der Waals surface area contributed by atoms with E-state index in [1.807, 2.05) is 24.3 Å². The number of aromatic nitrogens is 2. The Morgan fingerprint density at radius 3 is 2.48 bits per heavy atom. The fourth-order valence-electron chi connectivity index (χ4n) is 1.87. The molecule has 1 aromatic heterocycles. The van der Waals surface area contributed by atoms with Crippen molar-refractivity contribution in [1.29, 1.82) is 0 Å². The summed E-state index contributed by atoms with van der Waals surface area (Å²) in [7, 11) is 1.62. The zero-order chi connectivity index (χ0) is 14.8. The average Bonchev–Trinajstić information content (AvgIpc) is 3.00. The molecule has 0 bridgehead atoms. The van der Waals surface area contributed by atoms with Crippen molar-refractivity contribution < 1.29 is 9.26 Å². The van der Waals surface area contributed by atoms with Gasteiger partial charge < -0.3 is 15.0 Å². The van der Waals surface area contributed by atoms with Gasteiger partial charge in [0.15, 0.2) is 0 Å². The Bertz CT molecular complexity index is 769. The van der Waals surface area contributed by atoms with Gasteiger partial charge in [-0.15, -0.1) is 0 Å². The molecule has 0 saturated heterocycles. The maximum Gasteiger partial charge on any atom is 0.258 e. The third-order valence-corrected chi connectivity index (χ3v) is 3.36. The molecule has 0 spiro atoms. The molecule has 0 radical (unpaired) electrons. The second-order valence-corrected chi connectivity index (χ2v) is 4.80. The Morgan fingerprint density at radius 2 is 1.81 bits per heavy atom. The Morgan fingerprint density at radius 1 is 1.10 bits per heavy atom. The Balaban J connectivity index is 1.93. The van der Waals surface area contributed by atoms with E-state index in [0.717, 1.165) is 16.9 Å². The average molecular weight is 302 g/mol. The first-order valence-corrected chi connectivity index (χ1v) is 6.58. The van der Waals surface area contributed by atoms with Gasteiger partial charge in [0.2, 0.25) is 5.82 Å². The summed E-state index contributed by atoms with van der Waals surface area (Å²) in [6, 6.07) is 12.6. The fourth-order valence-corrected chi connectivity index (χ4v) is 1.99. The number of hydrogen-bond donors (Lipinski definition) is 1. The minimum Gasteiger partial charge on any atom is -0.497 e. The molecule has 0 atom stereocenters. The molecule has 6 heteroatoms. The van der Waals surface area contributed by atoms with Crippen LogP contribution in [0.4, 0.5) is 5.69 Å². The van der Waals surface area contributed by atoms with Gasteiger partial charge in [-0.3, -0.25) is 0 Å². The van der Waals surface area contributed by atoms with Crippen LogP contribution in [0.15, 0.2) is 47.0 Å². The zero-order valence-corrected chi connectivity index (χ0v) is 12.0. The molecule has 0 aliphatic heterocycles. The molecule has 0 amide bonds. The maximum atomic E-state index is 5.89. The summed E-state index contributed by atoms with van der Waals surface area (Å²) in [5, 5.41) is 4.46. The molecule has 1 heterocycles. The third-order valence-electron chi connectivity index (χ3n) is 3.02. The standard InChI is InChI=1S/C15H12ClN3O2/c1-20-11-5-2-9(3-6-11)14-18-15(21-19-14)10-4-7-12(16)13(17)8-10/h2-8H,17H2,1H3. The number of anilines is 1. The topological polar surface area (TPSA) is 74.2 Å². The number of hydrogen-bond acceptors (Lipinski definition) is 5. The van der Waals surface area contributed by atoms with Crippen LogP contribution in [0.2, 0.25) is 5.02 Å². The molecule has 106 valence electrons. The number of nitrogen functional groups attached to an aromatic ring is 1. The molecule has 2 aromatic carbocycles. The summed E-state index contributed by atoms with van der Waals surface area (Å²) in [6.45, 7) is 0. The van der Waals surface area contributed by atoms with Crippen molar-refractivity contribution in [1.82, 2.24) is 10.1 Å².